The van der Waals surface area contributed by atoms with Crippen molar-refractivity contribution in [2.45, 2.75) is 52.4 Å². The summed E-state index contributed by atoms with van der Waals surface area (Å²) < 4.78 is 0. The molecular weight excluding hydrogens is 212 g/mol. The molecule has 0 aromatic heterocycles. The van der Waals surface area contributed by atoms with Gasteiger partial charge in [-0.15, -0.1) is 0 Å². The van der Waals surface area contributed by atoms with Crippen molar-refractivity contribution >= 4 is 6.29 Å². The van der Waals surface area contributed by atoms with E-state index < -0.39 is 0 Å². The maximum Gasteiger partial charge on any atom is 0.122 e. The summed E-state index contributed by atoms with van der Waals surface area (Å²) in [7, 11) is 0. The lowest BCUT2D eigenvalue weighted by atomic mass is 9.82. The van der Waals surface area contributed by atoms with Gasteiger partial charge in [0.25, 0.3) is 0 Å². The highest BCUT2D eigenvalue weighted by molar-refractivity contribution is 5.53. The molecule has 2 nitrogen and oxygen atoms in total. The first-order chi connectivity index (χ1) is 7.77. The second kappa shape index (κ2) is 4.91. The number of carbonyl (C=O) groups is 1. The van der Waals surface area contributed by atoms with Crippen LogP contribution in [-0.4, -0.2) is 11.4 Å². The molecule has 2 heteroatoms. The quantitative estimate of drug-likeness (QED) is 0.810. The molecule has 1 rings (SSSR count). The molecule has 94 valence electrons. The summed E-state index contributed by atoms with van der Waals surface area (Å²) in [6, 6.07) is 4.00. The van der Waals surface area contributed by atoms with Gasteiger partial charge in [0, 0.05) is 6.42 Å². The number of aromatic hydroxyl groups is 1. The Kier molecular flexibility index (Phi) is 3.97. The number of rotatable bonds is 3. The van der Waals surface area contributed by atoms with Crippen molar-refractivity contribution in [3.63, 3.8) is 0 Å². The molecule has 0 aliphatic heterocycles. The van der Waals surface area contributed by atoms with Crippen LogP contribution in [0.1, 0.15) is 56.7 Å². The summed E-state index contributed by atoms with van der Waals surface area (Å²) in [6.07, 6.45) is 1.47. The predicted octanol–water partition coefficient (Wildman–Crippen LogP) is 3.69. The van der Waals surface area contributed by atoms with Crippen molar-refractivity contribution in [2.75, 3.05) is 0 Å². The molecule has 0 spiro atoms. The van der Waals surface area contributed by atoms with Gasteiger partial charge in [-0.05, 0) is 34.9 Å². The number of aldehydes is 1. The van der Waals surface area contributed by atoms with Gasteiger partial charge in [0.05, 0.1) is 0 Å². The van der Waals surface area contributed by atoms with Crippen LogP contribution in [0.2, 0.25) is 0 Å². The fraction of sp³-hybridized carbons (Fsp3) is 0.533. The molecule has 0 saturated carbocycles. The smallest absolute Gasteiger partial charge is 0.122 e. The molecule has 0 radical (unpaired) electrons. The van der Waals surface area contributed by atoms with Gasteiger partial charge >= 0.3 is 0 Å². The van der Waals surface area contributed by atoms with Crippen molar-refractivity contribution < 1.29 is 9.90 Å². The minimum absolute atomic E-state index is 0.0915. The molecule has 0 saturated heterocycles. The lowest BCUT2D eigenvalue weighted by Crippen LogP contribution is -2.13. The fourth-order valence-electron chi connectivity index (χ4n) is 1.94. The fourth-order valence-corrected chi connectivity index (χ4v) is 1.94. The molecular formula is C15H22O2. The summed E-state index contributed by atoms with van der Waals surface area (Å²) >= 11 is 0. The lowest BCUT2D eigenvalue weighted by Gasteiger charge is -2.23. The van der Waals surface area contributed by atoms with Crippen LogP contribution in [0.15, 0.2) is 12.1 Å². The zero-order valence-corrected chi connectivity index (χ0v) is 11.4. The highest BCUT2D eigenvalue weighted by atomic mass is 16.3. The number of carbonyl (C=O) groups excluding carboxylic acids is 1. The second-order valence-electron chi connectivity index (χ2n) is 5.79. The largest absolute Gasteiger partial charge is 0.507 e. The summed E-state index contributed by atoms with van der Waals surface area (Å²) in [5.74, 6) is 0.576. The average Bonchev–Trinajstić information content (AvgIpc) is 2.20. The SMILES string of the molecule is Cc1cc(C(C)CC=O)cc(C(C)(C)C)c1O. The predicted molar refractivity (Wildman–Crippen MR) is 70.6 cm³/mol. The number of phenolic OH excluding ortho intramolecular Hbond substituents is 1. The number of benzene rings is 1. The highest BCUT2D eigenvalue weighted by Crippen LogP contribution is 2.36. The Morgan fingerprint density at radius 1 is 1.35 bits per heavy atom. The zero-order valence-electron chi connectivity index (χ0n) is 11.4. The first kappa shape index (κ1) is 13.8. The monoisotopic (exact) mass is 234 g/mol. The van der Waals surface area contributed by atoms with Crippen LogP contribution in [0.5, 0.6) is 5.75 Å². The van der Waals surface area contributed by atoms with Crippen LogP contribution in [-0.2, 0) is 10.2 Å². The van der Waals surface area contributed by atoms with Crippen LogP contribution >= 0.6 is 0 Å². The van der Waals surface area contributed by atoms with Crippen LogP contribution in [0.4, 0.5) is 0 Å². The van der Waals surface area contributed by atoms with E-state index in [1.807, 2.05) is 26.0 Å². The molecule has 1 atom stereocenters. The number of hydrogen-bond donors (Lipinski definition) is 1. The van der Waals surface area contributed by atoms with E-state index in [9.17, 15) is 9.90 Å². The Morgan fingerprint density at radius 3 is 2.41 bits per heavy atom. The van der Waals surface area contributed by atoms with Crippen LogP contribution in [0.3, 0.4) is 0 Å². The number of aryl methyl sites for hydroxylation is 1. The maximum absolute atomic E-state index is 10.6. The van der Waals surface area contributed by atoms with Crippen molar-refractivity contribution in [3.05, 3.63) is 28.8 Å². The van der Waals surface area contributed by atoms with Gasteiger partial charge in [0.2, 0.25) is 0 Å². The van der Waals surface area contributed by atoms with E-state index in [-0.39, 0.29) is 11.3 Å². The van der Waals surface area contributed by atoms with Crippen molar-refractivity contribution in [3.8, 4) is 5.75 Å². The molecule has 0 amide bonds. The van der Waals surface area contributed by atoms with E-state index in [0.29, 0.717) is 12.2 Å². The van der Waals surface area contributed by atoms with Crippen LogP contribution in [0, 0.1) is 6.92 Å². The molecule has 1 aromatic rings. The van der Waals surface area contributed by atoms with Gasteiger partial charge in [0.15, 0.2) is 0 Å². The Hall–Kier alpha value is -1.31. The molecule has 0 fully saturated rings. The summed E-state index contributed by atoms with van der Waals surface area (Å²) in [4.78, 5) is 10.6. The van der Waals surface area contributed by atoms with E-state index >= 15 is 0 Å². The lowest BCUT2D eigenvalue weighted by molar-refractivity contribution is -0.108. The standard InChI is InChI=1S/C15H22O2/c1-10(6-7-16)12-8-11(2)14(17)13(9-12)15(3,4)5/h7-10,17H,6H2,1-5H3. The minimum Gasteiger partial charge on any atom is -0.507 e. The molecule has 0 aliphatic rings. The number of hydrogen-bond acceptors (Lipinski definition) is 2. The molecule has 1 N–H and O–H groups in total. The average molecular weight is 234 g/mol. The third kappa shape index (κ3) is 3.09. The summed E-state index contributed by atoms with van der Waals surface area (Å²) in [6.45, 7) is 10.2. The molecule has 0 aliphatic carbocycles. The van der Waals surface area contributed by atoms with E-state index in [1.54, 1.807) is 0 Å². The van der Waals surface area contributed by atoms with Crippen molar-refractivity contribution in [1.82, 2.24) is 0 Å². The minimum atomic E-state index is -0.0915. The summed E-state index contributed by atoms with van der Waals surface area (Å²) in [5, 5.41) is 10.1. The van der Waals surface area contributed by atoms with Gasteiger partial charge in [-0.25, -0.2) is 0 Å². The third-order valence-corrected chi connectivity index (χ3v) is 3.15. The Morgan fingerprint density at radius 2 is 1.94 bits per heavy atom. The van der Waals surface area contributed by atoms with Gasteiger partial charge in [-0.2, -0.15) is 0 Å². The van der Waals surface area contributed by atoms with Gasteiger partial charge in [-0.3, -0.25) is 0 Å². The highest BCUT2D eigenvalue weighted by Gasteiger charge is 2.21. The van der Waals surface area contributed by atoms with Crippen LogP contribution in [0.25, 0.3) is 0 Å². The normalized spacial score (nSPS) is 13.5. The second-order valence-corrected chi connectivity index (χ2v) is 5.79. The van der Waals surface area contributed by atoms with Gasteiger partial charge < -0.3 is 9.90 Å². The van der Waals surface area contributed by atoms with Crippen LogP contribution < -0.4 is 0 Å². The maximum atomic E-state index is 10.6. The van der Waals surface area contributed by atoms with E-state index in [4.69, 9.17) is 0 Å². The molecule has 1 unspecified atom stereocenters. The van der Waals surface area contributed by atoms with E-state index in [1.165, 1.54) is 0 Å². The molecule has 0 heterocycles. The van der Waals surface area contributed by atoms with Crippen molar-refractivity contribution in [1.29, 1.82) is 0 Å². The van der Waals surface area contributed by atoms with E-state index in [0.717, 1.165) is 23.0 Å². The molecule has 17 heavy (non-hydrogen) atoms. The van der Waals surface area contributed by atoms with Gasteiger partial charge in [0.1, 0.15) is 12.0 Å². The number of phenols is 1. The first-order valence-corrected chi connectivity index (χ1v) is 6.05. The Balaban J connectivity index is 3.28. The Bertz CT molecular complexity index is 414. The summed E-state index contributed by atoms with van der Waals surface area (Å²) in [5.41, 5.74) is 2.86. The van der Waals surface area contributed by atoms with Gasteiger partial charge in [-0.1, -0.05) is 39.8 Å². The third-order valence-electron chi connectivity index (χ3n) is 3.15. The molecule has 1 aromatic carbocycles. The van der Waals surface area contributed by atoms with Crippen molar-refractivity contribution in [2.24, 2.45) is 0 Å². The first-order valence-electron chi connectivity index (χ1n) is 6.05. The zero-order chi connectivity index (χ0) is 13.2. The molecule has 0 bridgehead atoms. The topological polar surface area (TPSA) is 37.3 Å². The van der Waals surface area contributed by atoms with E-state index in [2.05, 4.69) is 20.8 Å². The Labute approximate surface area is 104 Å².